The Kier molecular flexibility index (Phi) is 4.58. The number of nitrogens with zero attached hydrogens (tertiary/aromatic N) is 2. The van der Waals surface area contributed by atoms with Crippen molar-refractivity contribution in [1.82, 2.24) is 4.98 Å². The normalized spacial score (nSPS) is 10.3. The van der Waals surface area contributed by atoms with Crippen LogP contribution in [-0.4, -0.2) is 4.98 Å². The molecule has 0 spiro atoms. The lowest BCUT2D eigenvalue weighted by Crippen LogP contribution is -1.99. The summed E-state index contributed by atoms with van der Waals surface area (Å²) < 4.78 is 0. The minimum Gasteiger partial charge on any atom is -0.383 e. The summed E-state index contributed by atoms with van der Waals surface area (Å²) in [5.74, 6) is 0.270. The molecule has 1 aromatic heterocycles. The Bertz CT molecular complexity index is 875. The number of nitriles is 1. The summed E-state index contributed by atoms with van der Waals surface area (Å²) in [7, 11) is 0. The second-order valence-electron chi connectivity index (χ2n) is 5.74. The molecule has 0 aliphatic carbocycles. The number of hydrogen-bond acceptors (Lipinski definition) is 3. The minimum absolute atomic E-state index is 0.270. The van der Waals surface area contributed by atoms with Crippen LogP contribution in [0.2, 0.25) is 0 Å². The highest BCUT2D eigenvalue weighted by atomic mass is 14.8. The molecule has 0 saturated carbocycles. The van der Waals surface area contributed by atoms with E-state index in [2.05, 4.69) is 42.2 Å². The quantitative estimate of drug-likeness (QED) is 0.751. The molecule has 0 bridgehead atoms. The van der Waals surface area contributed by atoms with E-state index in [4.69, 9.17) is 5.73 Å². The molecule has 118 valence electrons. The highest BCUT2D eigenvalue weighted by Gasteiger charge is 2.13. The first-order valence-electron chi connectivity index (χ1n) is 8.08. The van der Waals surface area contributed by atoms with Crippen molar-refractivity contribution in [2.75, 3.05) is 5.73 Å². The zero-order valence-electron chi connectivity index (χ0n) is 13.7. The Morgan fingerprint density at radius 3 is 2.33 bits per heavy atom. The van der Waals surface area contributed by atoms with Gasteiger partial charge in [-0.05, 0) is 23.6 Å². The average Bonchev–Trinajstić information content (AvgIpc) is 2.63. The maximum absolute atomic E-state index is 9.45. The topological polar surface area (TPSA) is 62.7 Å². The van der Waals surface area contributed by atoms with Crippen molar-refractivity contribution in [1.29, 1.82) is 5.26 Å². The van der Waals surface area contributed by atoms with E-state index in [1.54, 1.807) is 0 Å². The third kappa shape index (κ3) is 3.13. The molecule has 2 aromatic carbocycles. The van der Waals surface area contributed by atoms with E-state index in [1.165, 1.54) is 5.56 Å². The van der Waals surface area contributed by atoms with Gasteiger partial charge in [-0.3, -0.25) is 0 Å². The molecule has 1 heterocycles. The van der Waals surface area contributed by atoms with Gasteiger partial charge >= 0.3 is 0 Å². The van der Waals surface area contributed by atoms with Crippen LogP contribution in [0, 0.1) is 11.3 Å². The second-order valence-corrected chi connectivity index (χ2v) is 5.74. The average molecular weight is 313 g/mol. The number of anilines is 1. The lowest BCUT2D eigenvalue weighted by atomic mass is 9.98. The molecule has 0 atom stereocenters. The largest absolute Gasteiger partial charge is 0.383 e. The number of rotatable bonds is 4. The lowest BCUT2D eigenvalue weighted by Gasteiger charge is -2.10. The Hall–Kier alpha value is -3.12. The highest BCUT2D eigenvalue weighted by molar-refractivity contribution is 5.80. The van der Waals surface area contributed by atoms with Crippen molar-refractivity contribution in [3.8, 4) is 28.5 Å². The van der Waals surface area contributed by atoms with Gasteiger partial charge in [-0.25, -0.2) is 4.98 Å². The van der Waals surface area contributed by atoms with Gasteiger partial charge < -0.3 is 5.73 Å². The van der Waals surface area contributed by atoms with E-state index in [0.29, 0.717) is 5.56 Å². The molecule has 0 saturated heterocycles. The standard InChI is InChI=1S/C21H19N3/c1-2-6-15-9-11-17(12-10-15)20-13-18(16-7-4-3-5-8-16)19(14-22)21(23)24-20/h3-5,7-13H,2,6H2,1H3,(H2,23,24). The van der Waals surface area contributed by atoms with Crippen LogP contribution in [0.15, 0.2) is 60.7 Å². The van der Waals surface area contributed by atoms with Crippen molar-refractivity contribution in [2.45, 2.75) is 19.8 Å². The first kappa shape index (κ1) is 15.8. The number of aromatic nitrogens is 1. The van der Waals surface area contributed by atoms with Crippen LogP contribution in [0.1, 0.15) is 24.5 Å². The smallest absolute Gasteiger partial charge is 0.142 e. The summed E-state index contributed by atoms with van der Waals surface area (Å²) in [5.41, 5.74) is 11.4. The van der Waals surface area contributed by atoms with Crippen molar-refractivity contribution in [3.63, 3.8) is 0 Å². The van der Waals surface area contributed by atoms with Crippen molar-refractivity contribution in [3.05, 3.63) is 71.8 Å². The van der Waals surface area contributed by atoms with Crippen molar-refractivity contribution >= 4 is 5.82 Å². The fraction of sp³-hybridized carbons (Fsp3) is 0.143. The van der Waals surface area contributed by atoms with E-state index in [1.807, 2.05) is 36.4 Å². The van der Waals surface area contributed by atoms with Gasteiger partial charge in [0.05, 0.1) is 5.69 Å². The number of pyridine rings is 1. The van der Waals surface area contributed by atoms with E-state index < -0.39 is 0 Å². The van der Waals surface area contributed by atoms with Gasteiger partial charge in [0.1, 0.15) is 17.5 Å². The number of hydrogen-bond donors (Lipinski definition) is 1. The zero-order chi connectivity index (χ0) is 16.9. The molecule has 0 unspecified atom stereocenters. The molecule has 3 rings (SSSR count). The summed E-state index contributed by atoms with van der Waals surface area (Å²) in [4.78, 5) is 4.43. The predicted molar refractivity (Wildman–Crippen MR) is 98.2 cm³/mol. The molecule has 24 heavy (non-hydrogen) atoms. The van der Waals surface area contributed by atoms with Crippen molar-refractivity contribution < 1.29 is 0 Å². The minimum atomic E-state index is 0.270. The molecule has 0 amide bonds. The number of nitrogen functional groups attached to an aromatic ring is 1. The third-order valence-corrected chi connectivity index (χ3v) is 4.03. The number of benzene rings is 2. The second kappa shape index (κ2) is 6.97. The molecule has 0 aliphatic rings. The van der Waals surface area contributed by atoms with Gasteiger partial charge in [0.15, 0.2) is 0 Å². The maximum atomic E-state index is 9.45. The summed E-state index contributed by atoms with van der Waals surface area (Å²) in [6, 6.07) is 22.3. The first-order chi connectivity index (χ1) is 11.7. The Labute approximate surface area is 142 Å². The van der Waals surface area contributed by atoms with Crippen LogP contribution < -0.4 is 5.73 Å². The maximum Gasteiger partial charge on any atom is 0.142 e. The van der Waals surface area contributed by atoms with Crippen molar-refractivity contribution in [2.24, 2.45) is 0 Å². The monoisotopic (exact) mass is 313 g/mol. The van der Waals surface area contributed by atoms with E-state index >= 15 is 0 Å². The molecule has 2 N–H and O–H groups in total. The number of aryl methyl sites for hydroxylation is 1. The summed E-state index contributed by atoms with van der Waals surface area (Å²) in [6.07, 6.45) is 2.19. The van der Waals surface area contributed by atoms with Crippen LogP contribution in [-0.2, 0) is 6.42 Å². The van der Waals surface area contributed by atoms with E-state index in [0.717, 1.165) is 35.2 Å². The Morgan fingerprint density at radius 1 is 1.00 bits per heavy atom. The van der Waals surface area contributed by atoms with Crippen LogP contribution >= 0.6 is 0 Å². The fourth-order valence-corrected chi connectivity index (χ4v) is 2.81. The molecule has 3 nitrogen and oxygen atoms in total. The molecule has 3 aromatic rings. The summed E-state index contributed by atoms with van der Waals surface area (Å²) in [6.45, 7) is 2.17. The van der Waals surface area contributed by atoms with Gasteiger partial charge in [-0.2, -0.15) is 5.26 Å². The van der Waals surface area contributed by atoms with Gasteiger partial charge in [0.2, 0.25) is 0 Å². The van der Waals surface area contributed by atoms with Gasteiger partial charge in [-0.15, -0.1) is 0 Å². The van der Waals surface area contributed by atoms with Crippen LogP contribution in [0.5, 0.6) is 0 Å². The summed E-state index contributed by atoms with van der Waals surface area (Å²) >= 11 is 0. The summed E-state index contributed by atoms with van der Waals surface area (Å²) in [5, 5.41) is 9.45. The molecular formula is C21H19N3. The molecule has 0 aliphatic heterocycles. The molecular weight excluding hydrogens is 294 g/mol. The Balaban J connectivity index is 2.10. The van der Waals surface area contributed by atoms with Gasteiger partial charge in [0, 0.05) is 11.1 Å². The molecule has 0 fully saturated rings. The number of nitrogens with two attached hydrogens (primary N) is 1. The van der Waals surface area contributed by atoms with Gasteiger partial charge in [0.25, 0.3) is 0 Å². The fourth-order valence-electron chi connectivity index (χ4n) is 2.81. The SMILES string of the molecule is CCCc1ccc(-c2cc(-c3ccccc3)c(C#N)c(N)n2)cc1. The third-order valence-electron chi connectivity index (χ3n) is 4.03. The molecule has 3 heteroatoms. The first-order valence-corrected chi connectivity index (χ1v) is 8.08. The zero-order valence-corrected chi connectivity index (χ0v) is 13.7. The van der Waals surface area contributed by atoms with Gasteiger partial charge in [-0.1, -0.05) is 67.9 Å². The van der Waals surface area contributed by atoms with E-state index in [-0.39, 0.29) is 5.82 Å². The predicted octanol–water partition coefficient (Wildman–Crippen LogP) is 4.82. The molecule has 0 radical (unpaired) electrons. The van der Waals surface area contributed by atoms with E-state index in [9.17, 15) is 5.26 Å². The Morgan fingerprint density at radius 2 is 1.71 bits per heavy atom. The highest BCUT2D eigenvalue weighted by Crippen LogP contribution is 2.31. The van der Waals surface area contributed by atoms with Crippen LogP contribution in [0.25, 0.3) is 22.4 Å². The van der Waals surface area contributed by atoms with Crippen LogP contribution in [0.4, 0.5) is 5.82 Å². The lowest BCUT2D eigenvalue weighted by molar-refractivity contribution is 0.922. The van der Waals surface area contributed by atoms with Crippen LogP contribution in [0.3, 0.4) is 0 Å².